The summed E-state index contributed by atoms with van der Waals surface area (Å²) in [4.78, 5) is 17.2. The predicted molar refractivity (Wildman–Crippen MR) is 125 cm³/mol. The number of carbonyl (C=O) groups excluding carboxylic acids is 1. The number of anilines is 2. The first-order chi connectivity index (χ1) is 16.1. The number of rotatable bonds is 5. The van der Waals surface area contributed by atoms with Gasteiger partial charge in [0.25, 0.3) is 0 Å². The number of hydrogen-bond acceptors (Lipinski definition) is 4. The van der Waals surface area contributed by atoms with Crippen molar-refractivity contribution in [1.29, 1.82) is 0 Å². The average Bonchev–Trinajstić information content (AvgIpc) is 2.84. The molecule has 2 aliphatic heterocycles. The molecule has 1 saturated heterocycles. The van der Waals surface area contributed by atoms with E-state index in [4.69, 9.17) is 4.74 Å². The Bertz CT molecular complexity index is 1140. The number of hydrogen-bond donors (Lipinski definition) is 2. The lowest BCUT2D eigenvalue weighted by Crippen LogP contribution is -2.69. The summed E-state index contributed by atoms with van der Waals surface area (Å²) in [5, 5.41) is 13.1. The first-order valence-corrected chi connectivity index (χ1v) is 11.0. The van der Waals surface area contributed by atoms with E-state index in [0.717, 1.165) is 22.6 Å². The number of carbonyl (C=O) groups is 1. The van der Waals surface area contributed by atoms with E-state index in [0.29, 0.717) is 18.8 Å². The molecule has 0 aromatic heterocycles. The molecule has 6 nitrogen and oxygen atoms in total. The van der Waals surface area contributed by atoms with Gasteiger partial charge >= 0.3 is 6.03 Å². The van der Waals surface area contributed by atoms with E-state index >= 15 is 0 Å². The van der Waals surface area contributed by atoms with Crippen LogP contribution in [0.15, 0.2) is 72.8 Å². The SMILES string of the molecule is COc1ccc(CN2[C@@H]3CN(C(=O)Nc4ccc(F)cc4)c4ccccc4[C@@H]3[C@@H]2CO)cc1. The van der Waals surface area contributed by atoms with Crippen molar-refractivity contribution in [2.24, 2.45) is 0 Å². The zero-order valence-corrected chi connectivity index (χ0v) is 18.3. The molecular weight excluding hydrogens is 421 g/mol. The van der Waals surface area contributed by atoms with Crippen molar-refractivity contribution in [3.63, 3.8) is 0 Å². The predicted octanol–water partition coefficient (Wildman–Crippen LogP) is 4.22. The maximum Gasteiger partial charge on any atom is 0.326 e. The number of nitrogens with one attached hydrogen (secondary N) is 1. The minimum absolute atomic E-state index is 0.0134. The Labute approximate surface area is 192 Å². The van der Waals surface area contributed by atoms with Gasteiger partial charge in [-0.15, -0.1) is 0 Å². The Morgan fingerprint density at radius 1 is 1.09 bits per heavy atom. The molecule has 0 radical (unpaired) electrons. The summed E-state index contributed by atoms with van der Waals surface area (Å²) in [6.07, 6.45) is 0. The van der Waals surface area contributed by atoms with Crippen LogP contribution in [0.1, 0.15) is 17.0 Å². The first-order valence-electron chi connectivity index (χ1n) is 11.0. The van der Waals surface area contributed by atoms with Crippen molar-refractivity contribution in [3.8, 4) is 5.75 Å². The molecule has 33 heavy (non-hydrogen) atoms. The maximum atomic E-state index is 13.3. The van der Waals surface area contributed by atoms with Gasteiger partial charge in [-0.25, -0.2) is 9.18 Å². The number of urea groups is 1. The normalized spacial score (nSPS) is 21.5. The second-order valence-electron chi connectivity index (χ2n) is 8.47. The molecule has 0 aliphatic carbocycles. The van der Waals surface area contributed by atoms with E-state index in [1.54, 1.807) is 24.1 Å². The average molecular weight is 448 g/mol. The summed E-state index contributed by atoms with van der Waals surface area (Å²) in [6, 6.07) is 21.3. The summed E-state index contributed by atoms with van der Waals surface area (Å²) in [5.74, 6) is 0.603. The minimum Gasteiger partial charge on any atom is -0.497 e. The summed E-state index contributed by atoms with van der Waals surface area (Å²) in [5.41, 5.74) is 3.57. The van der Waals surface area contributed by atoms with Crippen molar-refractivity contribution in [2.75, 3.05) is 30.5 Å². The molecule has 0 saturated carbocycles. The van der Waals surface area contributed by atoms with Gasteiger partial charge in [0.2, 0.25) is 0 Å². The topological polar surface area (TPSA) is 65.0 Å². The maximum absolute atomic E-state index is 13.3. The first kappa shape index (κ1) is 21.4. The van der Waals surface area contributed by atoms with E-state index in [1.807, 2.05) is 48.5 Å². The Morgan fingerprint density at radius 2 is 1.82 bits per heavy atom. The van der Waals surface area contributed by atoms with Gasteiger partial charge in [0.1, 0.15) is 11.6 Å². The lowest BCUT2D eigenvalue weighted by molar-refractivity contribution is -0.0484. The fourth-order valence-electron chi connectivity index (χ4n) is 5.06. The number of nitrogens with zero attached hydrogens (tertiary/aromatic N) is 2. The molecule has 3 atom stereocenters. The highest BCUT2D eigenvalue weighted by atomic mass is 19.1. The number of benzene rings is 3. The van der Waals surface area contributed by atoms with Crippen LogP contribution >= 0.6 is 0 Å². The van der Waals surface area contributed by atoms with E-state index in [9.17, 15) is 14.3 Å². The van der Waals surface area contributed by atoms with Crippen LogP contribution < -0.4 is 15.0 Å². The Morgan fingerprint density at radius 3 is 2.52 bits per heavy atom. The number of aliphatic hydroxyl groups is 1. The lowest BCUT2D eigenvalue weighted by Gasteiger charge is -2.59. The monoisotopic (exact) mass is 447 g/mol. The Balaban J connectivity index is 1.41. The quantitative estimate of drug-likeness (QED) is 0.615. The van der Waals surface area contributed by atoms with Crippen LogP contribution in [0.3, 0.4) is 0 Å². The number of para-hydroxylation sites is 1. The van der Waals surface area contributed by atoms with E-state index in [2.05, 4.69) is 10.2 Å². The molecule has 2 N–H and O–H groups in total. The standard InChI is InChI=1S/C26H26FN3O3/c1-33-20-12-6-17(7-13-20)14-29-23-15-30(26(32)28-19-10-8-18(27)9-11-19)22-5-3-2-4-21(22)25(23)24(29)16-31/h2-13,23-25,31H,14-16H2,1H3,(H,28,32)/t23-,24+,25+/m1/s1. The largest absolute Gasteiger partial charge is 0.497 e. The molecular formula is C26H26FN3O3. The van der Waals surface area contributed by atoms with E-state index in [-0.39, 0.29) is 36.5 Å². The van der Waals surface area contributed by atoms with E-state index in [1.165, 1.54) is 12.1 Å². The molecule has 0 unspecified atom stereocenters. The summed E-state index contributed by atoms with van der Waals surface area (Å²) in [7, 11) is 1.64. The number of halogens is 1. The molecule has 170 valence electrons. The molecule has 1 fully saturated rings. The number of fused-ring (bicyclic) bond motifs is 3. The summed E-state index contributed by atoms with van der Waals surface area (Å²) < 4.78 is 18.5. The number of likely N-dealkylation sites (tertiary alicyclic amines) is 1. The third kappa shape index (κ3) is 3.94. The highest BCUT2D eigenvalue weighted by molar-refractivity contribution is 6.02. The van der Waals surface area contributed by atoms with E-state index < -0.39 is 0 Å². The number of aliphatic hydroxyl groups excluding tert-OH is 1. The van der Waals surface area contributed by atoms with Crippen molar-refractivity contribution in [2.45, 2.75) is 24.5 Å². The van der Waals surface area contributed by atoms with Crippen LogP contribution in [0.4, 0.5) is 20.6 Å². The second kappa shape index (κ2) is 8.84. The molecule has 3 aromatic carbocycles. The Hall–Kier alpha value is -3.42. The fourth-order valence-corrected chi connectivity index (χ4v) is 5.06. The Kier molecular flexibility index (Phi) is 5.74. The number of amides is 2. The zero-order chi connectivity index (χ0) is 22.9. The molecule has 3 aromatic rings. The highest BCUT2D eigenvalue weighted by Crippen LogP contribution is 2.48. The smallest absolute Gasteiger partial charge is 0.326 e. The zero-order valence-electron chi connectivity index (χ0n) is 18.3. The minimum atomic E-state index is -0.349. The van der Waals surface area contributed by atoms with Crippen molar-refractivity contribution >= 4 is 17.4 Å². The third-order valence-corrected chi connectivity index (χ3v) is 6.69. The van der Waals surface area contributed by atoms with Crippen LogP contribution in [0.2, 0.25) is 0 Å². The molecule has 2 aliphatic rings. The number of ether oxygens (including phenoxy) is 1. The van der Waals surface area contributed by atoms with Crippen molar-refractivity contribution in [3.05, 3.63) is 89.7 Å². The van der Waals surface area contributed by atoms with Gasteiger partial charge in [-0.3, -0.25) is 9.80 Å². The van der Waals surface area contributed by atoms with Gasteiger partial charge in [-0.2, -0.15) is 0 Å². The van der Waals surface area contributed by atoms with Crippen molar-refractivity contribution < 1.29 is 19.0 Å². The second-order valence-corrected chi connectivity index (χ2v) is 8.47. The van der Waals surface area contributed by atoms with Gasteiger partial charge in [0.15, 0.2) is 0 Å². The van der Waals surface area contributed by atoms with Crippen LogP contribution in [0, 0.1) is 5.82 Å². The summed E-state index contributed by atoms with van der Waals surface area (Å²) in [6.45, 7) is 1.22. The van der Waals surface area contributed by atoms with Crippen LogP contribution in [-0.2, 0) is 6.54 Å². The van der Waals surface area contributed by atoms with Crippen molar-refractivity contribution in [1.82, 2.24) is 4.90 Å². The molecule has 2 heterocycles. The van der Waals surface area contributed by atoms with Gasteiger partial charge < -0.3 is 15.2 Å². The van der Waals surface area contributed by atoms with Gasteiger partial charge in [-0.05, 0) is 53.6 Å². The van der Waals surface area contributed by atoms with Crippen LogP contribution in [-0.4, -0.2) is 48.4 Å². The third-order valence-electron chi connectivity index (χ3n) is 6.69. The number of methoxy groups -OCH3 is 1. The molecule has 0 spiro atoms. The molecule has 0 bridgehead atoms. The van der Waals surface area contributed by atoms with Gasteiger partial charge in [-0.1, -0.05) is 30.3 Å². The molecule has 7 heteroatoms. The highest BCUT2D eigenvalue weighted by Gasteiger charge is 2.53. The molecule has 5 rings (SSSR count). The summed E-state index contributed by atoms with van der Waals surface area (Å²) >= 11 is 0. The van der Waals surface area contributed by atoms with Crippen LogP contribution in [0.25, 0.3) is 0 Å². The van der Waals surface area contributed by atoms with Gasteiger partial charge in [0, 0.05) is 42.5 Å². The van der Waals surface area contributed by atoms with Gasteiger partial charge in [0.05, 0.1) is 13.7 Å². The lowest BCUT2D eigenvalue weighted by atomic mass is 9.72. The van der Waals surface area contributed by atoms with Crippen LogP contribution in [0.5, 0.6) is 5.75 Å². The fraction of sp³-hybridized carbons (Fsp3) is 0.269. The molecule has 2 amide bonds.